The number of nitrogens with one attached hydrogen (secondary N) is 1. The van der Waals surface area contributed by atoms with Crippen molar-refractivity contribution in [2.75, 3.05) is 19.0 Å². The molecule has 0 aliphatic rings. The van der Waals surface area contributed by atoms with E-state index < -0.39 is 0 Å². The number of hydrogen-bond acceptors (Lipinski definition) is 4. The van der Waals surface area contributed by atoms with Crippen LogP contribution in [0.4, 0.5) is 4.39 Å². The molecule has 1 amide bonds. The second-order valence-electron chi connectivity index (χ2n) is 5.65. The summed E-state index contributed by atoms with van der Waals surface area (Å²) < 4.78 is 24.8. The van der Waals surface area contributed by atoms with E-state index in [-0.39, 0.29) is 17.5 Å². The lowest BCUT2D eigenvalue weighted by Gasteiger charge is -2.13. The molecule has 0 unspecified atom stereocenters. The number of rotatable bonds is 10. The Kier molecular flexibility index (Phi) is 8.75. The summed E-state index contributed by atoms with van der Waals surface area (Å²) in [5.41, 5.74) is 1.45. The molecule has 0 aliphatic heterocycles. The van der Waals surface area contributed by atoms with Crippen LogP contribution in [0.3, 0.4) is 0 Å². The molecule has 0 saturated carbocycles. The van der Waals surface area contributed by atoms with Gasteiger partial charge in [-0.25, -0.2) is 4.39 Å². The van der Waals surface area contributed by atoms with E-state index >= 15 is 0 Å². The van der Waals surface area contributed by atoms with Gasteiger partial charge in [0.25, 0.3) is 0 Å². The molecule has 0 fully saturated rings. The molecular weight excluding hydrogens is 389 g/mol. The summed E-state index contributed by atoms with van der Waals surface area (Å²) in [6.07, 6.45) is 0. The van der Waals surface area contributed by atoms with Crippen LogP contribution in [0.5, 0.6) is 11.5 Å². The Balaban J connectivity index is 1.81. The zero-order valence-corrected chi connectivity index (χ0v) is 17.0. The van der Waals surface area contributed by atoms with E-state index in [0.717, 1.165) is 5.56 Å². The van der Waals surface area contributed by atoms with Gasteiger partial charge in [-0.1, -0.05) is 23.7 Å². The monoisotopic (exact) mass is 411 g/mol. The van der Waals surface area contributed by atoms with Gasteiger partial charge >= 0.3 is 0 Å². The molecule has 0 bridgehead atoms. The van der Waals surface area contributed by atoms with E-state index in [9.17, 15) is 9.18 Å². The molecule has 4 nitrogen and oxygen atoms in total. The van der Waals surface area contributed by atoms with Gasteiger partial charge < -0.3 is 14.8 Å². The van der Waals surface area contributed by atoms with E-state index in [0.29, 0.717) is 47.6 Å². The fourth-order valence-electron chi connectivity index (χ4n) is 2.35. The number of halogens is 2. The first kappa shape index (κ1) is 21.4. The van der Waals surface area contributed by atoms with Gasteiger partial charge in [0.1, 0.15) is 5.82 Å². The molecule has 146 valence electrons. The van der Waals surface area contributed by atoms with Crippen LogP contribution in [0, 0.1) is 5.82 Å². The molecular formula is C20H23ClFNO3S. The Bertz CT molecular complexity index is 773. The van der Waals surface area contributed by atoms with Gasteiger partial charge in [0.05, 0.1) is 19.0 Å². The van der Waals surface area contributed by atoms with Crippen LogP contribution >= 0.6 is 23.4 Å². The fourth-order valence-corrected chi connectivity index (χ4v) is 3.35. The Morgan fingerprint density at radius 1 is 1.11 bits per heavy atom. The van der Waals surface area contributed by atoms with Crippen LogP contribution < -0.4 is 14.8 Å². The first-order chi connectivity index (χ1) is 13.0. The predicted octanol–water partition coefficient (Wildman–Crippen LogP) is 4.83. The third kappa shape index (κ3) is 6.96. The second kappa shape index (κ2) is 11.0. The Morgan fingerprint density at radius 2 is 1.85 bits per heavy atom. The average molecular weight is 412 g/mol. The normalized spacial score (nSPS) is 10.5. The molecule has 2 aromatic rings. The summed E-state index contributed by atoms with van der Waals surface area (Å²) in [5, 5.41) is 3.22. The summed E-state index contributed by atoms with van der Waals surface area (Å²) in [7, 11) is 0. The van der Waals surface area contributed by atoms with Crippen LogP contribution in [-0.2, 0) is 17.1 Å². The number of ether oxygens (including phenoxy) is 2. The van der Waals surface area contributed by atoms with Gasteiger partial charge in [-0.3, -0.25) is 4.79 Å². The van der Waals surface area contributed by atoms with Crippen LogP contribution in [0.1, 0.15) is 25.0 Å². The maximum Gasteiger partial charge on any atom is 0.230 e. The number of thioether (sulfide) groups is 1. The van der Waals surface area contributed by atoms with Gasteiger partial charge in [0, 0.05) is 17.3 Å². The summed E-state index contributed by atoms with van der Waals surface area (Å²) in [6.45, 7) is 5.30. The van der Waals surface area contributed by atoms with Crippen molar-refractivity contribution in [1.29, 1.82) is 0 Å². The molecule has 0 heterocycles. The number of benzene rings is 2. The maximum atomic E-state index is 13.7. The minimum Gasteiger partial charge on any atom is -0.490 e. The average Bonchev–Trinajstić information content (AvgIpc) is 2.64. The highest BCUT2D eigenvalue weighted by atomic mass is 35.5. The Hall–Kier alpha value is -1.92. The van der Waals surface area contributed by atoms with Gasteiger partial charge in [-0.2, -0.15) is 0 Å². The smallest absolute Gasteiger partial charge is 0.230 e. The van der Waals surface area contributed by atoms with Crippen LogP contribution in [-0.4, -0.2) is 24.9 Å². The van der Waals surface area contributed by atoms with Crippen LogP contribution in [0.15, 0.2) is 36.4 Å². The molecule has 7 heteroatoms. The SMILES string of the molecule is CCOc1ccc(CNC(=O)CSCc2ccc(Cl)cc2F)cc1OCC. The van der Waals surface area contributed by atoms with Crippen LogP contribution in [0.25, 0.3) is 0 Å². The van der Waals surface area contributed by atoms with Crippen molar-refractivity contribution in [3.05, 3.63) is 58.4 Å². The molecule has 27 heavy (non-hydrogen) atoms. The molecule has 0 atom stereocenters. The molecule has 2 aromatic carbocycles. The lowest BCUT2D eigenvalue weighted by Crippen LogP contribution is -2.24. The van der Waals surface area contributed by atoms with Gasteiger partial charge in [-0.05, 0) is 49.2 Å². The standard InChI is InChI=1S/C20H23ClFNO3S/c1-3-25-18-8-5-14(9-19(18)26-4-2)11-23-20(24)13-27-12-15-6-7-16(21)10-17(15)22/h5-10H,3-4,11-13H2,1-2H3,(H,23,24). The van der Waals surface area contributed by atoms with Crippen molar-refractivity contribution in [1.82, 2.24) is 5.32 Å². The zero-order chi connectivity index (χ0) is 19.6. The third-order valence-electron chi connectivity index (χ3n) is 3.60. The lowest BCUT2D eigenvalue weighted by atomic mass is 10.2. The minimum absolute atomic E-state index is 0.110. The highest BCUT2D eigenvalue weighted by molar-refractivity contribution is 7.99. The Morgan fingerprint density at radius 3 is 2.56 bits per heavy atom. The first-order valence-electron chi connectivity index (χ1n) is 8.70. The molecule has 0 aliphatic carbocycles. The number of hydrogen-bond donors (Lipinski definition) is 1. The summed E-state index contributed by atoms with van der Waals surface area (Å²) in [6, 6.07) is 10.2. The van der Waals surface area contributed by atoms with Crippen molar-refractivity contribution in [2.45, 2.75) is 26.1 Å². The Labute approximate surface area is 168 Å². The predicted molar refractivity (Wildman–Crippen MR) is 108 cm³/mol. The summed E-state index contributed by atoms with van der Waals surface area (Å²) in [4.78, 5) is 12.0. The number of carbonyl (C=O) groups is 1. The maximum absolute atomic E-state index is 13.7. The largest absolute Gasteiger partial charge is 0.490 e. The van der Waals surface area contributed by atoms with Crippen molar-refractivity contribution in [3.63, 3.8) is 0 Å². The third-order valence-corrected chi connectivity index (χ3v) is 4.82. The van der Waals surface area contributed by atoms with Gasteiger partial charge in [0.2, 0.25) is 5.91 Å². The fraction of sp³-hybridized carbons (Fsp3) is 0.350. The second-order valence-corrected chi connectivity index (χ2v) is 7.07. The van der Waals surface area contributed by atoms with E-state index in [1.807, 2.05) is 32.0 Å². The van der Waals surface area contributed by atoms with Crippen molar-refractivity contribution in [3.8, 4) is 11.5 Å². The first-order valence-corrected chi connectivity index (χ1v) is 10.2. The van der Waals surface area contributed by atoms with Crippen molar-refractivity contribution in [2.24, 2.45) is 0 Å². The molecule has 0 spiro atoms. The quantitative estimate of drug-likeness (QED) is 0.608. The highest BCUT2D eigenvalue weighted by Gasteiger charge is 2.09. The summed E-state index contributed by atoms with van der Waals surface area (Å²) >= 11 is 7.08. The van der Waals surface area contributed by atoms with E-state index in [4.69, 9.17) is 21.1 Å². The van der Waals surface area contributed by atoms with Crippen LogP contribution in [0.2, 0.25) is 5.02 Å². The topological polar surface area (TPSA) is 47.6 Å². The number of amides is 1. The van der Waals surface area contributed by atoms with Crippen molar-refractivity contribution < 1.29 is 18.7 Å². The zero-order valence-electron chi connectivity index (χ0n) is 15.4. The van der Waals surface area contributed by atoms with Crippen molar-refractivity contribution >= 4 is 29.3 Å². The summed E-state index contributed by atoms with van der Waals surface area (Å²) in [5.74, 6) is 1.55. The highest BCUT2D eigenvalue weighted by Crippen LogP contribution is 2.28. The van der Waals surface area contributed by atoms with E-state index in [2.05, 4.69) is 5.32 Å². The lowest BCUT2D eigenvalue weighted by molar-refractivity contribution is -0.118. The molecule has 2 rings (SSSR count). The molecule has 1 N–H and O–H groups in total. The minimum atomic E-state index is -0.353. The van der Waals surface area contributed by atoms with E-state index in [1.54, 1.807) is 12.1 Å². The molecule has 0 aromatic heterocycles. The van der Waals surface area contributed by atoms with E-state index in [1.165, 1.54) is 17.8 Å². The molecule has 0 radical (unpaired) electrons. The molecule has 0 saturated heterocycles. The number of carbonyl (C=O) groups excluding carboxylic acids is 1. The van der Waals surface area contributed by atoms with Gasteiger partial charge in [-0.15, -0.1) is 11.8 Å². The van der Waals surface area contributed by atoms with Gasteiger partial charge in [0.15, 0.2) is 11.5 Å².